The molecule has 1 rings (SSSR count). The topological polar surface area (TPSA) is 45.4 Å². The second-order valence-electron chi connectivity index (χ2n) is 2.23. The molecule has 0 aromatic carbocycles. The Morgan fingerprint density at radius 3 is 2.82 bits per heavy atom. The molecule has 3 nitrogen and oxygen atoms in total. The lowest BCUT2D eigenvalue weighted by molar-refractivity contribution is 0.113. The van der Waals surface area contributed by atoms with Gasteiger partial charge in [0.15, 0.2) is 4.67 Å². The summed E-state index contributed by atoms with van der Waals surface area (Å²) in [5.41, 5.74) is 2.17. The summed E-state index contributed by atoms with van der Waals surface area (Å²) in [6.07, 6.45) is 0.788. The fourth-order valence-electron chi connectivity index (χ4n) is 0.872. The largest absolute Gasteiger partial charge is 0.453 e. The van der Waals surface area contributed by atoms with Crippen LogP contribution in [-0.2, 0) is 0 Å². The molecule has 1 atom stereocenters. The highest BCUT2D eigenvalue weighted by Crippen LogP contribution is 2.21. The normalized spacial score (nSPS) is 13.4. The Morgan fingerprint density at radius 1 is 1.73 bits per heavy atom. The zero-order valence-corrected chi connectivity index (χ0v) is 7.76. The highest BCUT2D eigenvalue weighted by Gasteiger charge is 2.10. The molecule has 4 heteroatoms. The Bertz CT molecular complexity index is 220. The summed E-state index contributed by atoms with van der Waals surface area (Å²) in [5.74, 6) is 0.738. The molecule has 1 aromatic rings. The molecule has 0 amide bonds. The van der Waals surface area contributed by atoms with Crippen LogP contribution < -0.4 is 5.48 Å². The summed E-state index contributed by atoms with van der Waals surface area (Å²) in [5, 5.41) is 8.66. The van der Waals surface area contributed by atoms with Crippen molar-refractivity contribution in [3.05, 3.63) is 22.6 Å². The third kappa shape index (κ3) is 2.05. The molecule has 1 heterocycles. The van der Waals surface area contributed by atoms with Crippen molar-refractivity contribution in [2.75, 3.05) is 0 Å². The summed E-state index contributed by atoms with van der Waals surface area (Å²) in [6, 6.07) is 3.51. The van der Waals surface area contributed by atoms with Crippen molar-refractivity contribution in [1.29, 1.82) is 0 Å². The number of hydrogen-bond acceptors (Lipinski definition) is 3. The molecular weight excluding hydrogens is 210 g/mol. The second kappa shape index (κ2) is 3.90. The lowest BCUT2D eigenvalue weighted by atomic mass is 10.2. The zero-order chi connectivity index (χ0) is 8.27. The van der Waals surface area contributed by atoms with Crippen LogP contribution in [0.3, 0.4) is 0 Å². The van der Waals surface area contributed by atoms with Crippen LogP contribution in [0, 0.1) is 0 Å². The summed E-state index contributed by atoms with van der Waals surface area (Å²) >= 11 is 3.18. The van der Waals surface area contributed by atoms with Crippen molar-refractivity contribution in [2.24, 2.45) is 0 Å². The van der Waals surface area contributed by atoms with Crippen LogP contribution in [0.5, 0.6) is 0 Å². The van der Waals surface area contributed by atoms with Crippen LogP contribution in [0.2, 0.25) is 0 Å². The van der Waals surface area contributed by atoms with E-state index in [2.05, 4.69) is 21.4 Å². The van der Waals surface area contributed by atoms with E-state index in [0.717, 1.165) is 12.2 Å². The molecule has 0 aliphatic carbocycles. The molecule has 2 N–H and O–H groups in total. The van der Waals surface area contributed by atoms with Gasteiger partial charge in [-0.1, -0.05) is 6.92 Å². The van der Waals surface area contributed by atoms with Crippen LogP contribution in [-0.4, -0.2) is 5.21 Å². The third-order valence-electron chi connectivity index (χ3n) is 1.50. The summed E-state index contributed by atoms with van der Waals surface area (Å²) in [4.78, 5) is 0. The number of hydrogen-bond donors (Lipinski definition) is 2. The average Bonchev–Trinajstić information content (AvgIpc) is 2.39. The predicted molar refractivity (Wildman–Crippen MR) is 44.4 cm³/mol. The molecule has 0 aliphatic rings. The van der Waals surface area contributed by atoms with E-state index in [1.807, 2.05) is 13.0 Å². The van der Waals surface area contributed by atoms with Crippen molar-refractivity contribution in [2.45, 2.75) is 19.4 Å². The number of furan rings is 1. The van der Waals surface area contributed by atoms with Crippen LogP contribution in [0.1, 0.15) is 25.1 Å². The lowest BCUT2D eigenvalue weighted by Crippen LogP contribution is -2.14. The molecule has 1 aromatic heterocycles. The highest BCUT2D eigenvalue weighted by atomic mass is 79.9. The van der Waals surface area contributed by atoms with Gasteiger partial charge < -0.3 is 9.62 Å². The number of halogens is 1. The fraction of sp³-hybridized carbons (Fsp3) is 0.429. The van der Waals surface area contributed by atoms with Gasteiger partial charge in [-0.15, -0.1) is 0 Å². The first-order chi connectivity index (χ1) is 5.27. The van der Waals surface area contributed by atoms with E-state index in [1.54, 1.807) is 6.07 Å². The van der Waals surface area contributed by atoms with Crippen LogP contribution in [0.25, 0.3) is 0 Å². The molecule has 0 saturated carbocycles. The summed E-state index contributed by atoms with van der Waals surface area (Å²) in [7, 11) is 0. The van der Waals surface area contributed by atoms with E-state index in [4.69, 9.17) is 9.62 Å². The SMILES string of the molecule is CCC(NO)c1ccc(Br)o1. The van der Waals surface area contributed by atoms with Crippen molar-refractivity contribution in [3.8, 4) is 0 Å². The van der Waals surface area contributed by atoms with Crippen molar-refractivity contribution in [3.63, 3.8) is 0 Å². The van der Waals surface area contributed by atoms with Crippen molar-refractivity contribution < 1.29 is 9.62 Å². The van der Waals surface area contributed by atoms with Crippen molar-refractivity contribution >= 4 is 15.9 Å². The van der Waals surface area contributed by atoms with Crippen molar-refractivity contribution in [1.82, 2.24) is 5.48 Å². The first-order valence-electron chi connectivity index (χ1n) is 3.42. The molecule has 0 radical (unpaired) electrons. The summed E-state index contributed by atoms with van der Waals surface area (Å²) in [6.45, 7) is 1.96. The van der Waals surface area contributed by atoms with Gasteiger partial charge in [0, 0.05) is 0 Å². The van der Waals surface area contributed by atoms with Gasteiger partial charge in [0.05, 0.1) is 6.04 Å². The third-order valence-corrected chi connectivity index (χ3v) is 1.93. The Labute approximate surface area is 73.5 Å². The first kappa shape index (κ1) is 8.77. The Kier molecular flexibility index (Phi) is 3.11. The Hall–Kier alpha value is -0.320. The van der Waals surface area contributed by atoms with E-state index in [9.17, 15) is 0 Å². The van der Waals surface area contributed by atoms with Gasteiger partial charge in [0.2, 0.25) is 0 Å². The first-order valence-corrected chi connectivity index (χ1v) is 4.22. The quantitative estimate of drug-likeness (QED) is 0.769. The maximum atomic E-state index is 8.66. The van der Waals surface area contributed by atoms with Gasteiger partial charge in [-0.25, -0.2) is 0 Å². The van der Waals surface area contributed by atoms with Gasteiger partial charge in [0.25, 0.3) is 0 Å². The standard InChI is InChI=1S/C7H10BrNO2/c1-2-5(9-10)6-3-4-7(8)11-6/h3-5,9-10H,2H2,1H3. The minimum absolute atomic E-state index is 0.110. The van der Waals surface area contributed by atoms with E-state index < -0.39 is 0 Å². The number of hydroxylamine groups is 1. The van der Waals surface area contributed by atoms with Gasteiger partial charge in [0.1, 0.15) is 5.76 Å². The van der Waals surface area contributed by atoms with Crippen LogP contribution >= 0.6 is 15.9 Å². The molecule has 0 fully saturated rings. The fourth-order valence-corrected chi connectivity index (χ4v) is 1.19. The maximum absolute atomic E-state index is 8.66. The predicted octanol–water partition coefficient (Wildman–Crippen LogP) is 2.47. The number of rotatable bonds is 3. The number of nitrogens with one attached hydrogen (secondary N) is 1. The Balaban J connectivity index is 2.73. The Morgan fingerprint density at radius 2 is 2.45 bits per heavy atom. The zero-order valence-electron chi connectivity index (χ0n) is 6.17. The van der Waals surface area contributed by atoms with E-state index in [-0.39, 0.29) is 6.04 Å². The minimum Gasteiger partial charge on any atom is -0.453 e. The molecule has 11 heavy (non-hydrogen) atoms. The highest BCUT2D eigenvalue weighted by molar-refractivity contribution is 9.10. The van der Waals surface area contributed by atoms with E-state index in [1.165, 1.54) is 0 Å². The maximum Gasteiger partial charge on any atom is 0.169 e. The molecule has 1 unspecified atom stereocenters. The molecule has 0 spiro atoms. The molecular formula is C7H10BrNO2. The molecule has 62 valence electrons. The van der Waals surface area contributed by atoms with Gasteiger partial charge >= 0.3 is 0 Å². The minimum atomic E-state index is -0.110. The van der Waals surface area contributed by atoms with Gasteiger partial charge in [-0.05, 0) is 34.5 Å². The smallest absolute Gasteiger partial charge is 0.169 e. The van der Waals surface area contributed by atoms with Crippen LogP contribution in [0.15, 0.2) is 21.2 Å². The van der Waals surface area contributed by atoms with Gasteiger partial charge in [-0.3, -0.25) is 0 Å². The monoisotopic (exact) mass is 219 g/mol. The average molecular weight is 220 g/mol. The van der Waals surface area contributed by atoms with Gasteiger partial charge in [-0.2, -0.15) is 5.48 Å². The molecule has 0 bridgehead atoms. The lowest BCUT2D eigenvalue weighted by Gasteiger charge is -2.07. The van der Waals surface area contributed by atoms with E-state index >= 15 is 0 Å². The summed E-state index contributed by atoms with van der Waals surface area (Å²) < 4.78 is 5.90. The molecule has 0 saturated heterocycles. The molecule has 0 aliphatic heterocycles. The second-order valence-corrected chi connectivity index (χ2v) is 3.01. The van der Waals surface area contributed by atoms with Crippen LogP contribution in [0.4, 0.5) is 0 Å². The van der Waals surface area contributed by atoms with E-state index in [0.29, 0.717) is 4.67 Å².